The molecule has 4 rings (SSSR count). The second-order valence-electron chi connectivity index (χ2n) is 6.55. The zero-order valence-electron chi connectivity index (χ0n) is 14.8. The fourth-order valence-electron chi connectivity index (χ4n) is 3.10. The Morgan fingerprint density at radius 2 is 1.96 bits per heavy atom. The van der Waals surface area contributed by atoms with Gasteiger partial charge in [-0.25, -0.2) is 4.79 Å². The van der Waals surface area contributed by atoms with E-state index in [1.807, 2.05) is 0 Å². The maximum Gasteiger partial charge on any atom is 0.322 e. The monoisotopic (exact) mass is 401 g/mol. The Morgan fingerprint density at radius 1 is 1.18 bits per heavy atom. The molecule has 8 nitrogen and oxygen atoms in total. The largest absolute Gasteiger partial charge is 0.486 e. The summed E-state index contributed by atoms with van der Waals surface area (Å²) in [5, 5.41) is 7.85. The molecule has 0 spiro atoms. The Labute approximate surface area is 165 Å². The molecular weight excluding hydrogens is 386 g/mol. The lowest BCUT2D eigenvalue weighted by atomic mass is 9.92. The average Bonchev–Trinajstić information content (AvgIpc) is 2.94. The summed E-state index contributed by atoms with van der Waals surface area (Å²) >= 11 is 6.18. The first kappa shape index (κ1) is 18.1. The maximum atomic E-state index is 12.7. The van der Waals surface area contributed by atoms with Crippen LogP contribution in [0.25, 0.3) is 0 Å². The quantitative estimate of drug-likeness (QED) is 0.685. The first-order valence-electron chi connectivity index (χ1n) is 8.51. The predicted molar refractivity (Wildman–Crippen MR) is 101 cm³/mol. The van der Waals surface area contributed by atoms with E-state index >= 15 is 0 Å². The van der Waals surface area contributed by atoms with Crippen LogP contribution in [0.3, 0.4) is 0 Å². The first-order chi connectivity index (χ1) is 13.4. The molecule has 0 saturated carbocycles. The van der Waals surface area contributed by atoms with Crippen molar-refractivity contribution in [3.63, 3.8) is 0 Å². The molecule has 2 aromatic rings. The number of carbonyl (C=O) groups is 3. The number of anilines is 1. The molecule has 0 bridgehead atoms. The summed E-state index contributed by atoms with van der Waals surface area (Å²) in [5.41, 5.74) is 0.0910. The van der Waals surface area contributed by atoms with Crippen LogP contribution in [-0.2, 0) is 10.3 Å². The number of ether oxygens (including phenoxy) is 2. The molecule has 0 aliphatic carbocycles. The Morgan fingerprint density at radius 3 is 2.71 bits per heavy atom. The SMILES string of the molecule is C[C@@]1(c2cccc(NC(=O)c3cc(Cl)c4c(c3)OCCO4)c2)NC(=O)NC1=O. The Balaban J connectivity index is 1.58. The molecule has 144 valence electrons. The number of nitrogens with one attached hydrogen (secondary N) is 3. The topological polar surface area (TPSA) is 106 Å². The highest BCUT2D eigenvalue weighted by Gasteiger charge is 2.43. The number of halogens is 1. The number of carbonyl (C=O) groups excluding carboxylic acids is 3. The Bertz CT molecular complexity index is 1010. The summed E-state index contributed by atoms with van der Waals surface area (Å²) in [5.74, 6) is -0.0291. The summed E-state index contributed by atoms with van der Waals surface area (Å²) in [6, 6.07) is 9.19. The molecule has 4 amide bonds. The van der Waals surface area contributed by atoms with Crippen LogP contribution in [0.15, 0.2) is 36.4 Å². The van der Waals surface area contributed by atoms with Gasteiger partial charge in [-0.3, -0.25) is 14.9 Å². The molecule has 1 fully saturated rings. The van der Waals surface area contributed by atoms with E-state index in [2.05, 4.69) is 16.0 Å². The predicted octanol–water partition coefficient (Wildman–Crippen LogP) is 2.42. The number of fused-ring (bicyclic) bond motifs is 1. The van der Waals surface area contributed by atoms with E-state index in [9.17, 15) is 14.4 Å². The highest BCUT2D eigenvalue weighted by Crippen LogP contribution is 2.38. The van der Waals surface area contributed by atoms with Gasteiger partial charge in [0.15, 0.2) is 11.5 Å². The van der Waals surface area contributed by atoms with Gasteiger partial charge in [-0.05, 0) is 36.8 Å². The molecule has 2 aromatic carbocycles. The van der Waals surface area contributed by atoms with E-state index in [0.29, 0.717) is 41.5 Å². The summed E-state index contributed by atoms with van der Waals surface area (Å²) < 4.78 is 10.9. The van der Waals surface area contributed by atoms with Gasteiger partial charge >= 0.3 is 6.03 Å². The van der Waals surface area contributed by atoms with Crippen LogP contribution in [0.4, 0.5) is 10.5 Å². The molecule has 28 heavy (non-hydrogen) atoms. The molecule has 0 unspecified atom stereocenters. The number of amides is 4. The highest BCUT2D eigenvalue weighted by molar-refractivity contribution is 6.32. The second kappa shape index (κ2) is 6.72. The van der Waals surface area contributed by atoms with Crippen molar-refractivity contribution in [3.8, 4) is 11.5 Å². The van der Waals surface area contributed by atoms with E-state index in [-0.39, 0.29) is 5.02 Å². The van der Waals surface area contributed by atoms with Gasteiger partial charge in [-0.15, -0.1) is 0 Å². The lowest BCUT2D eigenvalue weighted by molar-refractivity contribution is -0.123. The molecule has 2 aliphatic heterocycles. The normalized spacial score (nSPS) is 20.4. The lowest BCUT2D eigenvalue weighted by Crippen LogP contribution is -2.40. The summed E-state index contributed by atoms with van der Waals surface area (Å²) in [7, 11) is 0. The number of hydrogen-bond acceptors (Lipinski definition) is 5. The van der Waals surface area contributed by atoms with E-state index in [1.54, 1.807) is 37.3 Å². The first-order valence-corrected chi connectivity index (χ1v) is 8.89. The van der Waals surface area contributed by atoms with E-state index in [1.165, 1.54) is 6.07 Å². The summed E-state index contributed by atoms with van der Waals surface area (Å²) in [6.45, 7) is 2.37. The molecule has 0 radical (unpaired) electrons. The summed E-state index contributed by atoms with van der Waals surface area (Å²) in [6.07, 6.45) is 0. The zero-order valence-corrected chi connectivity index (χ0v) is 15.6. The number of imide groups is 1. The number of urea groups is 1. The van der Waals surface area contributed by atoms with E-state index in [0.717, 1.165) is 0 Å². The van der Waals surface area contributed by atoms with Gasteiger partial charge in [0.05, 0.1) is 5.02 Å². The van der Waals surface area contributed by atoms with Crippen LogP contribution >= 0.6 is 11.6 Å². The summed E-state index contributed by atoms with van der Waals surface area (Å²) in [4.78, 5) is 36.3. The highest BCUT2D eigenvalue weighted by atomic mass is 35.5. The van der Waals surface area contributed by atoms with Crippen LogP contribution < -0.4 is 25.4 Å². The average molecular weight is 402 g/mol. The molecule has 1 saturated heterocycles. The number of benzene rings is 2. The van der Waals surface area contributed by atoms with Gasteiger partial charge in [-0.2, -0.15) is 0 Å². The minimum absolute atomic E-state index is 0.286. The lowest BCUT2D eigenvalue weighted by Gasteiger charge is -2.22. The van der Waals surface area contributed by atoms with Crippen molar-refractivity contribution in [1.29, 1.82) is 0 Å². The molecule has 2 heterocycles. The van der Waals surface area contributed by atoms with Gasteiger partial charge in [0.1, 0.15) is 18.8 Å². The Hall–Kier alpha value is -3.26. The van der Waals surface area contributed by atoms with Crippen LogP contribution in [0.5, 0.6) is 11.5 Å². The fourth-order valence-corrected chi connectivity index (χ4v) is 3.36. The zero-order chi connectivity index (χ0) is 19.9. The standard InChI is InChI=1S/C19H16ClN3O5/c1-19(17(25)22-18(26)23-19)11-3-2-4-12(9-11)21-16(24)10-7-13(20)15-14(8-10)27-5-6-28-15/h2-4,7-9H,5-6H2,1H3,(H,21,24)(H2,22,23,25,26)/t19-/m0/s1. The van der Waals surface area contributed by atoms with Gasteiger partial charge in [0, 0.05) is 11.3 Å². The third-order valence-electron chi connectivity index (χ3n) is 4.60. The van der Waals surface area contributed by atoms with Crippen molar-refractivity contribution >= 4 is 35.1 Å². The van der Waals surface area contributed by atoms with Crippen LogP contribution in [0.2, 0.25) is 5.02 Å². The second-order valence-corrected chi connectivity index (χ2v) is 6.96. The van der Waals surface area contributed by atoms with Gasteiger partial charge in [0.25, 0.3) is 11.8 Å². The van der Waals surface area contributed by atoms with Crippen LogP contribution in [-0.4, -0.2) is 31.1 Å². The minimum atomic E-state index is -1.21. The van der Waals surface area contributed by atoms with Crippen molar-refractivity contribution in [2.24, 2.45) is 0 Å². The molecule has 0 aromatic heterocycles. The smallest absolute Gasteiger partial charge is 0.322 e. The molecular formula is C19H16ClN3O5. The number of rotatable bonds is 3. The van der Waals surface area contributed by atoms with Crippen molar-refractivity contribution in [3.05, 3.63) is 52.5 Å². The van der Waals surface area contributed by atoms with Crippen molar-refractivity contribution < 1.29 is 23.9 Å². The van der Waals surface area contributed by atoms with Gasteiger partial charge in [0.2, 0.25) is 0 Å². The molecule has 3 N–H and O–H groups in total. The maximum absolute atomic E-state index is 12.7. The third-order valence-corrected chi connectivity index (χ3v) is 4.88. The fraction of sp³-hybridized carbons (Fsp3) is 0.211. The van der Waals surface area contributed by atoms with Crippen LogP contribution in [0, 0.1) is 0 Å². The van der Waals surface area contributed by atoms with Crippen molar-refractivity contribution in [2.75, 3.05) is 18.5 Å². The molecule has 2 aliphatic rings. The van der Waals surface area contributed by atoms with Gasteiger partial charge in [-0.1, -0.05) is 23.7 Å². The molecule has 9 heteroatoms. The van der Waals surface area contributed by atoms with Gasteiger partial charge < -0.3 is 20.1 Å². The molecule has 1 atom stereocenters. The van der Waals surface area contributed by atoms with E-state index in [4.69, 9.17) is 21.1 Å². The third kappa shape index (κ3) is 3.11. The minimum Gasteiger partial charge on any atom is -0.486 e. The van der Waals surface area contributed by atoms with Crippen molar-refractivity contribution in [1.82, 2.24) is 10.6 Å². The van der Waals surface area contributed by atoms with Crippen molar-refractivity contribution in [2.45, 2.75) is 12.5 Å². The number of hydrogen-bond donors (Lipinski definition) is 3. The van der Waals surface area contributed by atoms with E-state index < -0.39 is 23.4 Å². The van der Waals surface area contributed by atoms with Crippen LogP contribution in [0.1, 0.15) is 22.8 Å². The Kier molecular flexibility index (Phi) is 4.35.